The van der Waals surface area contributed by atoms with Crippen LogP contribution in [0.25, 0.3) is 20.9 Å². The first-order valence-corrected chi connectivity index (χ1v) is 8.81. The third-order valence-corrected chi connectivity index (χ3v) is 5.86. The Morgan fingerprint density at radius 3 is 2.54 bits per heavy atom. The molecule has 3 aromatic carbocycles. The summed E-state index contributed by atoms with van der Waals surface area (Å²) in [5.74, 6) is -0.167. The lowest BCUT2D eigenvalue weighted by molar-refractivity contribution is 0.103. The minimum Gasteiger partial charge on any atom is -0.321 e. The van der Waals surface area contributed by atoms with Crippen molar-refractivity contribution in [2.75, 3.05) is 5.32 Å². The third kappa shape index (κ3) is 2.46. The number of fused-ring (bicyclic) bond motifs is 3. The van der Waals surface area contributed by atoms with Crippen molar-refractivity contribution < 1.29 is 4.79 Å². The zero-order valence-electron chi connectivity index (χ0n) is 13.0. The molecule has 0 atom stereocenters. The van der Waals surface area contributed by atoms with Crippen LogP contribution in [0.1, 0.15) is 15.2 Å². The lowest BCUT2D eigenvalue weighted by atomic mass is 10.1. The van der Waals surface area contributed by atoms with Crippen LogP contribution in [-0.2, 0) is 0 Å². The molecule has 118 valence electrons. The number of carbonyl (C=O) groups is 1. The number of aryl methyl sites for hydroxylation is 1. The average Bonchev–Trinajstić information content (AvgIpc) is 2.94. The van der Waals surface area contributed by atoms with Crippen LogP contribution >= 0.6 is 22.9 Å². The third-order valence-electron chi connectivity index (χ3n) is 4.12. The molecule has 0 bridgehead atoms. The Kier molecular flexibility index (Phi) is 3.75. The Hall–Kier alpha value is -2.36. The van der Waals surface area contributed by atoms with Crippen LogP contribution in [0.4, 0.5) is 5.69 Å². The van der Waals surface area contributed by atoms with E-state index in [2.05, 4.69) is 17.4 Å². The van der Waals surface area contributed by atoms with Crippen LogP contribution in [0.5, 0.6) is 0 Å². The number of amides is 1. The Labute approximate surface area is 148 Å². The van der Waals surface area contributed by atoms with Crippen LogP contribution in [0.2, 0.25) is 5.02 Å². The quantitative estimate of drug-likeness (QED) is 0.453. The van der Waals surface area contributed by atoms with E-state index >= 15 is 0 Å². The fourth-order valence-electron chi connectivity index (χ4n) is 2.83. The van der Waals surface area contributed by atoms with E-state index < -0.39 is 0 Å². The molecule has 0 aliphatic carbocycles. The van der Waals surface area contributed by atoms with Crippen LogP contribution < -0.4 is 5.32 Å². The molecule has 1 amide bonds. The Balaban J connectivity index is 1.82. The predicted octanol–water partition coefficient (Wildman–Crippen LogP) is 6.27. The highest BCUT2D eigenvalue weighted by Crippen LogP contribution is 2.39. The van der Waals surface area contributed by atoms with E-state index in [0.29, 0.717) is 9.90 Å². The number of nitrogens with one attached hydrogen (secondary N) is 1. The minimum absolute atomic E-state index is 0.167. The van der Waals surface area contributed by atoms with E-state index in [-0.39, 0.29) is 5.91 Å². The second kappa shape index (κ2) is 5.93. The molecule has 0 saturated carbocycles. The van der Waals surface area contributed by atoms with E-state index in [4.69, 9.17) is 11.6 Å². The number of hydrogen-bond donors (Lipinski definition) is 1. The summed E-state index contributed by atoms with van der Waals surface area (Å²) in [4.78, 5) is 13.3. The summed E-state index contributed by atoms with van der Waals surface area (Å²) < 4.78 is 1.05. The number of thiophene rings is 1. The number of anilines is 1. The van der Waals surface area contributed by atoms with Crippen LogP contribution in [0, 0.1) is 6.92 Å². The monoisotopic (exact) mass is 351 g/mol. The van der Waals surface area contributed by atoms with Gasteiger partial charge >= 0.3 is 0 Å². The summed E-state index contributed by atoms with van der Waals surface area (Å²) in [6.45, 7) is 1.97. The maximum Gasteiger partial charge on any atom is 0.267 e. The highest BCUT2D eigenvalue weighted by atomic mass is 35.5. The number of rotatable bonds is 2. The fourth-order valence-corrected chi connectivity index (χ4v) is 4.37. The molecule has 4 aromatic rings. The van der Waals surface area contributed by atoms with Gasteiger partial charge in [-0.15, -0.1) is 11.3 Å². The smallest absolute Gasteiger partial charge is 0.267 e. The largest absolute Gasteiger partial charge is 0.321 e. The lowest BCUT2D eigenvalue weighted by Crippen LogP contribution is -2.11. The zero-order chi connectivity index (χ0) is 16.7. The van der Waals surface area contributed by atoms with Crippen molar-refractivity contribution in [2.45, 2.75) is 6.92 Å². The maximum atomic E-state index is 12.7. The molecule has 0 saturated heterocycles. The van der Waals surface area contributed by atoms with Crippen molar-refractivity contribution in [1.29, 1.82) is 0 Å². The minimum atomic E-state index is -0.167. The molecule has 4 rings (SSSR count). The molecular formula is C20H14ClNOS. The zero-order valence-corrected chi connectivity index (χ0v) is 14.5. The van der Waals surface area contributed by atoms with Crippen molar-refractivity contribution in [3.63, 3.8) is 0 Å². The number of para-hydroxylation sites is 1. The molecule has 2 nitrogen and oxygen atoms in total. The molecule has 24 heavy (non-hydrogen) atoms. The molecule has 1 aromatic heterocycles. The summed E-state index contributed by atoms with van der Waals surface area (Å²) in [7, 11) is 0. The molecular weight excluding hydrogens is 338 g/mol. The van der Waals surface area contributed by atoms with Gasteiger partial charge in [0.25, 0.3) is 5.91 Å². The van der Waals surface area contributed by atoms with Gasteiger partial charge in [0.2, 0.25) is 0 Å². The van der Waals surface area contributed by atoms with Crippen molar-refractivity contribution in [2.24, 2.45) is 0 Å². The molecule has 1 heterocycles. The maximum absolute atomic E-state index is 12.7. The molecule has 0 aliphatic heterocycles. The molecule has 1 N–H and O–H groups in total. The number of carbonyl (C=O) groups excluding carboxylic acids is 1. The molecule has 0 fully saturated rings. The fraction of sp³-hybridized carbons (Fsp3) is 0.0500. The molecule has 0 spiro atoms. The number of halogens is 1. The van der Waals surface area contributed by atoms with Gasteiger partial charge in [-0.1, -0.05) is 66.2 Å². The van der Waals surface area contributed by atoms with E-state index in [1.165, 1.54) is 11.3 Å². The van der Waals surface area contributed by atoms with Gasteiger partial charge in [-0.05, 0) is 29.3 Å². The average molecular weight is 352 g/mol. The van der Waals surface area contributed by atoms with Crippen LogP contribution in [-0.4, -0.2) is 5.91 Å². The van der Waals surface area contributed by atoms with E-state index in [1.807, 2.05) is 55.5 Å². The molecule has 0 radical (unpaired) electrons. The van der Waals surface area contributed by atoms with Crippen molar-refractivity contribution in [1.82, 2.24) is 0 Å². The Morgan fingerprint density at radius 1 is 0.958 bits per heavy atom. The number of benzene rings is 3. The van der Waals surface area contributed by atoms with Gasteiger partial charge in [-0.3, -0.25) is 4.79 Å². The van der Waals surface area contributed by atoms with Crippen molar-refractivity contribution in [3.05, 3.63) is 76.1 Å². The highest BCUT2D eigenvalue weighted by molar-refractivity contribution is 7.22. The standard InChI is InChI=1S/C20H14ClNOS/c1-12-6-2-5-9-16(12)22-20(23)19-17(21)15-11-10-13-7-3-4-8-14(13)18(15)24-19/h2-11H,1H3,(H,22,23). The SMILES string of the molecule is Cc1ccccc1NC(=O)c1sc2c(ccc3ccccc32)c1Cl. The first kappa shape index (κ1) is 15.2. The van der Waals surface area contributed by atoms with E-state index in [0.717, 1.165) is 32.1 Å². The molecule has 4 heteroatoms. The Morgan fingerprint density at radius 2 is 1.71 bits per heavy atom. The lowest BCUT2D eigenvalue weighted by Gasteiger charge is -2.06. The Bertz CT molecular complexity index is 1080. The second-order valence-electron chi connectivity index (χ2n) is 5.68. The van der Waals surface area contributed by atoms with Gasteiger partial charge in [0.1, 0.15) is 4.88 Å². The van der Waals surface area contributed by atoms with Gasteiger partial charge in [0, 0.05) is 15.8 Å². The summed E-state index contributed by atoms with van der Waals surface area (Å²) in [5, 5.41) is 6.68. The van der Waals surface area contributed by atoms with Crippen molar-refractivity contribution >= 4 is 55.4 Å². The first-order valence-electron chi connectivity index (χ1n) is 7.62. The molecule has 0 aliphatic rings. The van der Waals surface area contributed by atoms with Crippen LogP contribution in [0.15, 0.2) is 60.7 Å². The first-order chi connectivity index (χ1) is 11.6. The molecule has 0 unspecified atom stereocenters. The van der Waals surface area contributed by atoms with Gasteiger partial charge in [0.05, 0.1) is 5.02 Å². The van der Waals surface area contributed by atoms with Gasteiger partial charge in [-0.25, -0.2) is 0 Å². The van der Waals surface area contributed by atoms with Crippen molar-refractivity contribution in [3.8, 4) is 0 Å². The van der Waals surface area contributed by atoms with Gasteiger partial charge in [0.15, 0.2) is 0 Å². The summed E-state index contributed by atoms with van der Waals surface area (Å²) in [6, 6.07) is 19.9. The summed E-state index contributed by atoms with van der Waals surface area (Å²) in [6.07, 6.45) is 0. The van der Waals surface area contributed by atoms with Gasteiger partial charge < -0.3 is 5.32 Å². The normalized spacial score (nSPS) is 11.1. The number of hydrogen-bond acceptors (Lipinski definition) is 2. The predicted molar refractivity (Wildman–Crippen MR) is 103 cm³/mol. The second-order valence-corrected chi connectivity index (χ2v) is 7.08. The summed E-state index contributed by atoms with van der Waals surface area (Å²) in [5.41, 5.74) is 1.83. The topological polar surface area (TPSA) is 29.1 Å². The summed E-state index contributed by atoms with van der Waals surface area (Å²) >= 11 is 7.95. The van der Waals surface area contributed by atoms with E-state index in [1.54, 1.807) is 0 Å². The van der Waals surface area contributed by atoms with E-state index in [9.17, 15) is 4.79 Å². The highest BCUT2D eigenvalue weighted by Gasteiger charge is 2.19. The van der Waals surface area contributed by atoms with Crippen LogP contribution in [0.3, 0.4) is 0 Å². The van der Waals surface area contributed by atoms with Gasteiger partial charge in [-0.2, -0.15) is 0 Å².